The van der Waals surface area contributed by atoms with Crippen LogP contribution in [0, 0.1) is 5.41 Å². The average Bonchev–Trinajstić information content (AvgIpc) is 2.49. The number of carbonyl (C=O) groups is 1. The number of hydrogen-bond acceptors (Lipinski definition) is 3. The molecule has 0 aromatic rings. The van der Waals surface area contributed by atoms with Gasteiger partial charge in [-0.1, -0.05) is 0 Å². The van der Waals surface area contributed by atoms with Crippen molar-refractivity contribution in [3.63, 3.8) is 0 Å². The van der Waals surface area contributed by atoms with Crippen molar-refractivity contribution in [3.8, 4) is 0 Å². The molecule has 1 fully saturated rings. The maximum absolute atomic E-state index is 11.5. The quantitative estimate of drug-likeness (QED) is 0.517. The van der Waals surface area contributed by atoms with Gasteiger partial charge in [0, 0.05) is 13.1 Å². The number of aliphatic hydroxyl groups excluding tert-OH is 1. The van der Waals surface area contributed by atoms with Crippen LogP contribution in [0.5, 0.6) is 0 Å². The third-order valence-electron chi connectivity index (χ3n) is 2.31. The zero-order valence-corrected chi connectivity index (χ0v) is 7.39. The molecular weight excluding hydrogens is 156 g/mol. The normalized spacial score (nSPS) is 28.8. The number of amides is 1. The van der Waals surface area contributed by atoms with Crippen LogP contribution in [0.1, 0.15) is 13.3 Å². The summed E-state index contributed by atoms with van der Waals surface area (Å²) >= 11 is 0. The molecule has 1 unspecified atom stereocenters. The number of nitrogens with one attached hydrogen (secondary N) is 2. The zero-order chi connectivity index (χ0) is 9.03. The largest absolute Gasteiger partial charge is 0.395 e. The van der Waals surface area contributed by atoms with Crippen LogP contribution in [0.25, 0.3) is 0 Å². The molecule has 0 aromatic carbocycles. The Labute approximate surface area is 72.3 Å². The monoisotopic (exact) mass is 172 g/mol. The first-order valence-corrected chi connectivity index (χ1v) is 4.29. The van der Waals surface area contributed by atoms with Gasteiger partial charge in [0.1, 0.15) is 0 Å². The molecule has 12 heavy (non-hydrogen) atoms. The van der Waals surface area contributed by atoms with Crippen molar-refractivity contribution in [2.24, 2.45) is 5.41 Å². The summed E-state index contributed by atoms with van der Waals surface area (Å²) in [6, 6.07) is 0. The maximum Gasteiger partial charge on any atom is 0.227 e. The van der Waals surface area contributed by atoms with Gasteiger partial charge in [-0.3, -0.25) is 4.79 Å². The lowest BCUT2D eigenvalue weighted by atomic mass is 9.89. The second-order valence-corrected chi connectivity index (χ2v) is 3.47. The van der Waals surface area contributed by atoms with E-state index in [2.05, 4.69) is 10.6 Å². The van der Waals surface area contributed by atoms with Crippen LogP contribution in [0.15, 0.2) is 0 Å². The lowest BCUT2D eigenvalue weighted by molar-refractivity contribution is -0.129. The number of rotatable bonds is 3. The maximum atomic E-state index is 11.5. The van der Waals surface area contributed by atoms with Crippen molar-refractivity contribution in [1.82, 2.24) is 10.6 Å². The molecule has 0 aromatic heterocycles. The minimum atomic E-state index is -0.269. The van der Waals surface area contributed by atoms with Gasteiger partial charge in [0.25, 0.3) is 0 Å². The van der Waals surface area contributed by atoms with Gasteiger partial charge < -0.3 is 15.7 Å². The summed E-state index contributed by atoms with van der Waals surface area (Å²) in [5.74, 6) is 0.0431. The Morgan fingerprint density at radius 2 is 2.50 bits per heavy atom. The highest BCUT2D eigenvalue weighted by molar-refractivity contribution is 5.82. The second-order valence-electron chi connectivity index (χ2n) is 3.47. The Balaban J connectivity index is 2.39. The standard InChI is InChI=1S/C8H16N2O2/c1-8(2-3-9-6-8)7(12)10-4-5-11/h9,11H,2-6H2,1H3,(H,10,12). The summed E-state index contributed by atoms with van der Waals surface area (Å²) in [6.07, 6.45) is 0.879. The van der Waals surface area contributed by atoms with Gasteiger partial charge in [-0.2, -0.15) is 0 Å². The van der Waals surface area contributed by atoms with Crippen LogP contribution < -0.4 is 10.6 Å². The molecule has 1 aliphatic rings. The van der Waals surface area contributed by atoms with Crippen LogP contribution in [-0.4, -0.2) is 37.3 Å². The van der Waals surface area contributed by atoms with Crippen molar-refractivity contribution < 1.29 is 9.90 Å². The molecule has 1 rings (SSSR count). The van der Waals surface area contributed by atoms with E-state index < -0.39 is 0 Å². The predicted molar refractivity (Wildman–Crippen MR) is 45.7 cm³/mol. The molecule has 0 bridgehead atoms. The fraction of sp³-hybridized carbons (Fsp3) is 0.875. The molecule has 0 aliphatic carbocycles. The first kappa shape index (κ1) is 9.48. The lowest BCUT2D eigenvalue weighted by Crippen LogP contribution is -2.41. The number of aliphatic hydroxyl groups is 1. The lowest BCUT2D eigenvalue weighted by Gasteiger charge is -2.20. The Kier molecular flexibility index (Phi) is 3.05. The minimum absolute atomic E-state index is 0.00918. The van der Waals surface area contributed by atoms with Crippen LogP contribution in [-0.2, 0) is 4.79 Å². The fourth-order valence-corrected chi connectivity index (χ4v) is 1.39. The minimum Gasteiger partial charge on any atom is -0.395 e. The molecule has 0 saturated carbocycles. The van der Waals surface area contributed by atoms with E-state index in [4.69, 9.17) is 5.11 Å². The summed E-state index contributed by atoms with van der Waals surface area (Å²) in [4.78, 5) is 11.5. The predicted octanol–water partition coefficient (Wildman–Crippen LogP) is -0.905. The van der Waals surface area contributed by atoms with Gasteiger partial charge in [-0.05, 0) is 19.9 Å². The van der Waals surface area contributed by atoms with E-state index >= 15 is 0 Å². The van der Waals surface area contributed by atoms with Crippen molar-refractivity contribution >= 4 is 5.91 Å². The molecule has 1 atom stereocenters. The Morgan fingerprint density at radius 3 is 3.00 bits per heavy atom. The highest BCUT2D eigenvalue weighted by atomic mass is 16.3. The first-order chi connectivity index (χ1) is 5.69. The van der Waals surface area contributed by atoms with Gasteiger partial charge in [0.15, 0.2) is 0 Å². The Morgan fingerprint density at radius 1 is 1.75 bits per heavy atom. The number of hydrogen-bond donors (Lipinski definition) is 3. The summed E-state index contributed by atoms with van der Waals surface area (Å²) in [7, 11) is 0. The van der Waals surface area contributed by atoms with E-state index in [0.29, 0.717) is 6.54 Å². The second kappa shape index (κ2) is 3.87. The molecule has 3 N–H and O–H groups in total. The van der Waals surface area contributed by atoms with E-state index in [1.54, 1.807) is 0 Å². The van der Waals surface area contributed by atoms with Crippen molar-refractivity contribution in [2.75, 3.05) is 26.2 Å². The fourth-order valence-electron chi connectivity index (χ4n) is 1.39. The zero-order valence-electron chi connectivity index (χ0n) is 7.39. The van der Waals surface area contributed by atoms with E-state index in [0.717, 1.165) is 19.5 Å². The van der Waals surface area contributed by atoms with Gasteiger partial charge in [-0.25, -0.2) is 0 Å². The van der Waals surface area contributed by atoms with Crippen LogP contribution in [0.3, 0.4) is 0 Å². The summed E-state index contributed by atoms with van der Waals surface area (Å²) < 4.78 is 0. The Hall–Kier alpha value is -0.610. The van der Waals surface area contributed by atoms with Crippen LogP contribution in [0.2, 0.25) is 0 Å². The molecule has 0 spiro atoms. The molecule has 70 valence electrons. The molecule has 1 heterocycles. The molecule has 1 amide bonds. The molecule has 1 aliphatic heterocycles. The average molecular weight is 172 g/mol. The van der Waals surface area contributed by atoms with Gasteiger partial charge >= 0.3 is 0 Å². The van der Waals surface area contributed by atoms with Crippen molar-refractivity contribution in [3.05, 3.63) is 0 Å². The van der Waals surface area contributed by atoms with Gasteiger partial charge in [0.2, 0.25) is 5.91 Å². The molecule has 4 heteroatoms. The van der Waals surface area contributed by atoms with E-state index in [1.807, 2.05) is 6.92 Å². The third kappa shape index (κ3) is 1.95. The van der Waals surface area contributed by atoms with Crippen LogP contribution in [0.4, 0.5) is 0 Å². The number of carbonyl (C=O) groups excluding carboxylic acids is 1. The SMILES string of the molecule is CC1(C(=O)NCCO)CCNC1. The van der Waals surface area contributed by atoms with E-state index in [1.165, 1.54) is 0 Å². The smallest absolute Gasteiger partial charge is 0.227 e. The van der Waals surface area contributed by atoms with E-state index in [-0.39, 0.29) is 17.9 Å². The van der Waals surface area contributed by atoms with Crippen molar-refractivity contribution in [1.29, 1.82) is 0 Å². The molecular formula is C8H16N2O2. The van der Waals surface area contributed by atoms with E-state index in [9.17, 15) is 4.79 Å². The molecule has 4 nitrogen and oxygen atoms in total. The third-order valence-corrected chi connectivity index (χ3v) is 2.31. The molecule has 0 radical (unpaired) electrons. The van der Waals surface area contributed by atoms with Crippen molar-refractivity contribution in [2.45, 2.75) is 13.3 Å². The van der Waals surface area contributed by atoms with Gasteiger partial charge in [0.05, 0.1) is 12.0 Å². The highest BCUT2D eigenvalue weighted by Crippen LogP contribution is 2.23. The van der Waals surface area contributed by atoms with Gasteiger partial charge in [-0.15, -0.1) is 0 Å². The summed E-state index contributed by atoms with van der Waals surface area (Å²) in [5, 5.41) is 14.3. The molecule has 1 saturated heterocycles. The highest BCUT2D eigenvalue weighted by Gasteiger charge is 2.35. The van der Waals surface area contributed by atoms with Crippen LogP contribution >= 0.6 is 0 Å². The summed E-state index contributed by atoms with van der Waals surface area (Å²) in [5.41, 5.74) is -0.269. The Bertz CT molecular complexity index is 164. The first-order valence-electron chi connectivity index (χ1n) is 4.29. The summed E-state index contributed by atoms with van der Waals surface area (Å²) in [6.45, 7) is 3.96. The topological polar surface area (TPSA) is 61.4 Å².